The van der Waals surface area contributed by atoms with Crippen LogP contribution in [0.3, 0.4) is 0 Å². The molecule has 0 spiro atoms. The zero-order valence-electron chi connectivity index (χ0n) is 15.2. The van der Waals surface area contributed by atoms with Crippen molar-refractivity contribution in [2.45, 2.75) is 0 Å². The van der Waals surface area contributed by atoms with Crippen LogP contribution in [0.4, 0.5) is 5.69 Å². The molecule has 0 atom stereocenters. The van der Waals surface area contributed by atoms with Crippen LogP contribution in [-0.4, -0.2) is 51.6 Å². The number of pyridine rings is 1. The molecule has 1 aromatic heterocycles. The van der Waals surface area contributed by atoms with Gasteiger partial charge in [0.2, 0.25) is 5.88 Å². The first kappa shape index (κ1) is 19.9. The molecule has 0 saturated heterocycles. The summed E-state index contributed by atoms with van der Waals surface area (Å²) in [6, 6.07) is 12.0. The van der Waals surface area contributed by atoms with E-state index in [0.29, 0.717) is 45.5 Å². The van der Waals surface area contributed by atoms with Gasteiger partial charge in [0.05, 0.1) is 26.4 Å². The monoisotopic (exact) mass is 357 g/mol. The lowest BCUT2D eigenvalue weighted by atomic mass is 10.1. The van der Waals surface area contributed by atoms with Crippen LogP contribution in [0.25, 0.3) is 12.2 Å². The second kappa shape index (κ2) is 12.0. The number of rotatable bonds is 12. The van der Waals surface area contributed by atoms with E-state index in [0.717, 1.165) is 16.8 Å². The molecule has 0 aliphatic heterocycles. The molecule has 0 unspecified atom stereocenters. The Morgan fingerprint density at radius 3 is 2.19 bits per heavy atom. The number of hydrogen-bond acceptors (Lipinski definition) is 6. The quantitative estimate of drug-likeness (QED) is 0.569. The highest BCUT2D eigenvalue weighted by atomic mass is 16.5. The fourth-order valence-electron chi connectivity index (χ4n) is 2.14. The molecule has 0 amide bonds. The molecule has 6 nitrogen and oxygen atoms in total. The van der Waals surface area contributed by atoms with Gasteiger partial charge in [-0.2, -0.15) is 0 Å². The van der Waals surface area contributed by atoms with Crippen molar-refractivity contribution in [2.75, 3.05) is 51.9 Å². The largest absolute Gasteiger partial charge is 0.475 e. The number of hydrogen-bond donors (Lipinski definition) is 2. The Morgan fingerprint density at radius 2 is 1.54 bits per heavy atom. The molecule has 0 bridgehead atoms. The molecular formula is C20H27N3O3. The Labute approximate surface area is 155 Å². The van der Waals surface area contributed by atoms with E-state index in [-0.39, 0.29) is 0 Å². The third-order valence-corrected chi connectivity index (χ3v) is 3.54. The molecule has 0 aliphatic rings. The Morgan fingerprint density at radius 1 is 0.885 bits per heavy atom. The molecule has 0 radical (unpaired) electrons. The number of aromatic nitrogens is 1. The fraction of sp³-hybridized carbons (Fsp3) is 0.350. The van der Waals surface area contributed by atoms with Gasteiger partial charge in [-0.1, -0.05) is 24.3 Å². The van der Waals surface area contributed by atoms with E-state index in [2.05, 4.69) is 28.5 Å². The topological polar surface area (TPSA) is 78.6 Å². The fourth-order valence-corrected chi connectivity index (χ4v) is 2.14. The van der Waals surface area contributed by atoms with Crippen molar-refractivity contribution in [3.63, 3.8) is 0 Å². The normalized spacial score (nSPS) is 11.0. The molecule has 3 N–H and O–H groups in total. The van der Waals surface area contributed by atoms with Crippen LogP contribution in [-0.2, 0) is 9.47 Å². The summed E-state index contributed by atoms with van der Waals surface area (Å²) in [4.78, 5) is 4.30. The second-order valence-electron chi connectivity index (χ2n) is 5.50. The first-order chi connectivity index (χ1) is 12.8. The zero-order valence-corrected chi connectivity index (χ0v) is 15.2. The lowest BCUT2D eigenvalue weighted by Gasteiger charge is -2.07. The molecule has 2 rings (SSSR count). The molecule has 0 aliphatic carbocycles. The van der Waals surface area contributed by atoms with Gasteiger partial charge in [-0.3, -0.25) is 0 Å². The van der Waals surface area contributed by atoms with Crippen molar-refractivity contribution in [1.29, 1.82) is 0 Å². The summed E-state index contributed by atoms with van der Waals surface area (Å²) < 4.78 is 16.2. The van der Waals surface area contributed by atoms with Crippen LogP contribution < -0.4 is 15.8 Å². The van der Waals surface area contributed by atoms with Crippen molar-refractivity contribution < 1.29 is 14.2 Å². The maximum absolute atomic E-state index is 5.55. The first-order valence-electron chi connectivity index (χ1n) is 8.72. The van der Waals surface area contributed by atoms with E-state index in [9.17, 15) is 0 Å². The summed E-state index contributed by atoms with van der Waals surface area (Å²) >= 11 is 0. The Kier molecular flexibility index (Phi) is 9.21. The third kappa shape index (κ3) is 7.65. The van der Waals surface area contributed by atoms with E-state index in [4.69, 9.17) is 19.9 Å². The highest BCUT2D eigenvalue weighted by Gasteiger charge is 1.96. The van der Waals surface area contributed by atoms with Crippen molar-refractivity contribution >= 4 is 17.8 Å². The van der Waals surface area contributed by atoms with E-state index >= 15 is 0 Å². The number of nitrogens with zero attached hydrogens (tertiary/aromatic N) is 1. The van der Waals surface area contributed by atoms with E-state index in [1.807, 2.05) is 37.4 Å². The number of anilines is 1. The van der Waals surface area contributed by atoms with Crippen molar-refractivity contribution in [1.82, 2.24) is 4.98 Å². The standard InChI is InChI=1S/C20H27N3O3/c1-22-19-7-4-17(5-8-19)2-3-18-6-9-20(23-16-18)26-15-14-25-13-12-24-11-10-21/h2-9,16,22H,10-15,21H2,1H3. The summed E-state index contributed by atoms with van der Waals surface area (Å²) in [6.45, 7) is 3.13. The smallest absolute Gasteiger partial charge is 0.213 e. The minimum absolute atomic E-state index is 0.455. The van der Waals surface area contributed by atoms with E-state index in [1.165, 1.54) is 0 Å². The van der Waals surface area contributed by atoms with Crippen molar-refractivity contribution in [2.24, 2.45) is 5.73 Å². The highest BCUT2D eigenvalue weighted by Crippen LogP contribution is 2.13. The molecule has 0 fully saturated rings. The van der Waals surface area contributed by atoms with Crippen LogP contribution in [0.5, 0.6) is 5.88 Å². The van der Waals surface area contributed by atoms with Gasteiger partial charge in [0.15, 0.2) is 0 Å². The van der Waals surface area contributed by atoms with Gasteiger partial charge in [-0.15, -0.1) is 0 Å². The SMILES string of the molecule is CNc1ccc(C=Cc2ccc(OCCOCCOCCN)nc2)cc1. The highest BCUT2D eigenvalue weighted by molar-refractivity contribution is 5.70. The van der Waals surface area contributed by atoms with Gasteiger partial charge in [0, 0.05) is 31.5 Å². The average molecular weight is 357 g/mol. The number of benzene rings is 1. The Hall–Kier alpha value is -2.41. The van der Waals surface area contributed by atoms with Gasteiger partial charge in [0.1, 0.15) is 6.61 Å². The predicted molar refractivity (Wildman–Crippen MR) is 105 cm³/mol. The number of nitrogens with one attached hydrogen (secondary N) is 1. The molecule has 1 aromatic carbocycles. The van der Waals surface area contributed by atoms with Crippen molar-refractivity contribution in [3.05, 3.63) is 53.7 Å². The lowest BCUT2D eigenvalue weighted by molar-refractivity contribution is 0.0382. The Balaban J connectivity index is 1.68. The van der Waals surface area contributed by atoms with Gasteiger partial charge >= 0.3 is 0 Å². The van der Waals surface area contributed by atoms with Gasteiger partial charge < -0.3 is 25.3 Å². The van der Waals surface area contributed by atoms with Crippen LogP contribution in [0.2, 0.25) is 0 Å². The Bertz CT molecular complexity index is 642. The minimum atomic E-state index is 0.455. The molecule has 2 aromatic rings. The molecule has 6 heteroatoms. The zero-order chi connectivity index (χ0) is 18.5. The van der Waals surface area contributed by atoms with E-state index < -0.39 is 0 Å². The number of ether oxygens (including phenoxy) is 3. The van der Waals surface area contributed by atoms with Gasteiger partial charge in [-0.25, -0.2) is 4.98 Å². The van der Waals surface area contributed by atoms with E-state index in [1.54, 1.807) is 6.20 Å². The average Bonchev–Trinajstić information content (AvgIpc) is 2.69. The maximum atomic E-state index is 5.55. The van der Waals surface area contributed by atoms with Crippen LogP contribution >= 0.6 is 0 Å². The first-order valence-corrected chi connectivity index (χ1v) is 8.72. The summed E-state index contributed by atoms with van der Waals surface area (Å²) in [7, 11) is 1.91. The molecule has 26 heavy (non-hydrogen) atoms. The summed E-state index contributed by atoms with van der Waals surface area (Å²) in [5, 5.41) is 3.10. The molecular weight excluding hydrogens is 330 g/mol. The summed E-state index contributed by atoms with van der Waals surface area (Å²) in [5.74, 6) is 0.587. The maximum Gasteiger partial charge on any atom is 0.213 e. The molecule has 1 heterocycles. The number of nitrogens with two attached hydrogens (primary N) is 1. The molecule has 0 saturated carbocycles. The van der Waals surface area contributed by atoms with Crippen LogP contribution in [0.15, 0.2) is 42.6 Å². The third-order valence-electron chi connectivity index (χ3n) is 3.54. The predicted octanol–water partition coefficient (Wildman–Crippen LogP) is 2.66. The van der Waals surface area contributed by atoms with Crippen molar-refractivity contribution in [3.8, 4) is 5.88 Å². The minimum Gasteiger partial charge on any atom is -0.475 e. The summed E-state index contributed by atoms with van der Waals surface area (Å²) in [5.41, 5.74) is 8.57. The van der Waals surface area contributed by atoms with Crippen LogP contribution in [0, 0.1) is 0 Å². The molecule has 140 valence electrons. The van der Waals surface area contributed by atoms with Crippen LogP contribution in [0.1, 0.15) is 11.1 Å². The second-order valence-corrected chi connectivity index (χ2v) is 5.50. The van der Waals surface area contributed by atoms with Gasteiger partial charge in [-0.05, 0) is 29.3 Å². The summed E-state index contributed by atoms with van der Waals surface area (Å²) in [6.07, 6.45) is 5.86. The van der Waals surface area contributed by atoms with Gasteiger partial charge in [0.25, 0.3) is 0 Å². The lowest BCUT2D eigenvalue weighted by Crippen LogP contribution is -2.14.